The zero-order chi connectivity index (χ0) is 24.6. The van der Waals surface area contributed by atoms with Gasteiger partial charge in [0.25, 0.3) is 16.0 Å². The van der Waals surface area contributed by atoms with Crippen molar-refractivity contribution in [1.29, 1.82) is 0 Å². The minimum Gasteiger partial charge on any atom is -0.340 e. The molecule has 0 aliphatic carbocycles. The Kier molecular flexibility index (Phi) is 9.34. The number of nitrogens with one attached hydrogen (secondary N) is 1. The van der Waals surface area contributed by atoms with Crippen LogP contribution in [-0.4, -0.2) is 78.7 Å². The molecular weight excluding hydrogens is 478 g/mol. The zero-order valence-corrected chi connectivity index (χ0v) is 20.6. The summed E-state index contributed by atoms with van der Waals surface area (Å²) in [5, 5.41) is 2.80. The fraction of sp³-hybridized carbons (Fsp3) is 0.391. The van der Waals surface area contributed by atoms with E-state index in [9.17, 15) is 22.2 Å². The first-order valence-electron chi connectivity index (χ1n) is 10.9. The highest BCUT2D eigenvalue weighted by Crippen LogP contribution is 2.19. The van der Waals surface area contributed by atoms with E-state index in [1.54, 1.807) is 21.3 Å². The molecule has 1 aliphatic heterocycles. The highest BCUT2D eigenvalue weighted by molar-refractivity contribution is 7.85. The number of nitrogens with zero attached hydrogens (tertiary/aromatic N) is 2. The van der Waals surface area contributed by atoms with Crippen molar-refractivity contribution in [1.82, 2.24) is 14.5 Å². The van der Waals surface area contributed by atoms with E-state index in [2.05, 4.69) is 5.32 Å². The molecule has 1 fully saturated rings. The van der Waals surface area contributed by atoms with Crippen molar-refractivity contribution < 1.29 is 26.4 Å². The lowest BCUT2D eigenvalue weighted by atomic mass is 10.0. The molecule has 11 heteroatoms. The minimum atomic E-state index is -3.58. The van der Waals surface area contributed by atoms with Gasteiger partial charge in [-0.2, -0.15) is 8.42 Å². The Hall–Kier alpha value is -2.60. The number of hydrogen-bond donors (Lipinski definition) is 2. The molecule has 0 unspecified atom stereocenters. The molecular formula is C23H29N3O6S2. The lowest BCUT2D eigenvalue weighted by Crippen LogP contribution is -2.54. The number of benzene rings is 2. The maximum absolute atomic E-state index is 13.1. The first-order valence-corrected chi connectivity index (χ1v) is 13.5. The minimum absolute atomic E-state index is 0.0763. The number of rotatable bonds is 10. The molecule has 2 aromatic rings. The van der Waals surface area contributed by atoms with E-state index in [-0.39, 0.29) is 37.2 Å². The lowest BCUT2D eigenvalue weighted by molar-refractivity contribution is -0.134. The number of carbonyl (C=O) groups is 2. The monoisotopic (exact) mass is 507 g/mol. The van der Waals surface area contributed by atoms with Crippen LogP contribution in [0.5, 0.6) is 0 Å². The maximum Gasteiger partial charge on any atom is 0.264 e. The molecule has 3 rings (SSSR count). The van der Waals surface area contributed by atoms with Gasteiger partial charge in [-0.05, 0) is 36.1 Å². The van der Waals surface area contributed by atoms with Gasteiger partial charge in [0.2, 0.25) is 5.91 Å². The number of amides is 2. The third-order valence-corrected chi connectivity index (χ3v) is 6.70. The Morgan fingerprint density at radius 1 is 1.00 bits per heavy atom. The van der Waals surface area contributed by atoms with E-state index in [1.807, 2.05) is 42.5 Å². The first-order chi connectivity index (χ1) is 16.3. The van der Waals surface area contributed by atoms with Crippen molar-refractivity contribution in [2.24, 2.45) is 0 Å². The summed E-state index contributed by atoms with van der Waals surface area (Å²) in [6.07, 6.45) is 1.46. The fourth-order valence-corrected chi connectivity index (χ4v) is 4.42. The first kappa shape index (κ1) is 26.0. The average molecular weight is 508 g/mol. The normalized spacial score (nSPS) is 15.6. The van der Waals surface area contributed by atoms with Crippen LogP contribution in [0.25, 0.3) is 11.1 Å². The summed E-state index contributed by atoms with van der Waals surface area (Å²) >= 11 is -0.0781. The summed E-state index contributed by atoms with van der Waals surface area (Å²) < 4.78 is 39.9. The number of carbonyl (C=O) groups excluding carboxylic acids is 2. The second kappa shape index (κ2) is 12.2. The number of piperazine rings is 1. The van der Waals surface area contributed by atoms with Crippen LogP contribution in [0.4, 0.5) is 0 Å². The molecule has 184 valence electrons. The van der Waals surface area contributed by atoms with Gasteiger partial charge in [-0.3, -0.25) is 13.8 Å². The maximum atomic E-state index is 13.1. The van der Waals surface area contributed by atoms with Gasteiger partial charge in [0.1, 0.15) is 6.04 Å². The molecule has 1 heterocycles. The molecule has 0 bridgehead atoms. The Morgan fingerprint density at radius 2 is 1.62 bits per heavy atom. The zero-order valence-electron chi connectivity index (χ0n) is 18.9. The average Bonchev–Trinajstić information content (AvgIpc) is 2.85. The molecule has 1 aliphatic rings. The third-order valence-electron chi connectivity index (χ3n) is 5.48. The second-order valence-corrected chi connectivity index (χ2v) is 10.4. The standard InChI is InChI=1S/C23H29N3O6S2/c1-34(30,31)32-17-5-8-21(23(28)25-13-15-26(33-29)16-14-25)24-22(27)20-11-9-19(10-12-20)18-6-3-2-4-7-18/h2-4,6-7,9-12,21,33H,5,8,13-17H2,1H3,(H,24,27)/t21-/m0/s1. The second-order valence-electron chi connectivity index (χ2n) is 8.00. The lowest BCUT2D eigenvalue weighted by Gasteiger charge is -2.34. The van der Waals surface area contributed by atoms with Gasteiger partial charge in [0, 0.05) is 31.7 Å². The van der Waals surface area contributed by atoms with Crippen LogP contribution in [0.3, 0.4) is 0 Å². The SMILES string of the molecule is CS(=O)(=O)OCCC[C@H](NC(=O)c1ccc(-c2ccccc2)cc1)C(=O)N1CCN([SH]=O)CC1. The number of hydrogen-bond acceptors (Lipinski definition) is 6. The molecule has 1 atom stereocenters. The molecule has 9 nitrogen and oxygen atoms in total. The van der Waals surface area contributed by atoms with Crippen LogP contribution in [0.15, 0.2) is 54.6 Å². The van der Waals surface area contributed by atoms with Gasteiger partial charge < -0.3 is 10.2 Å². The summed E-state index contributed by atoms with van der Waals surface area (Å²) in [7, 11) is -3.58. The smallest absolute Gasteiger partial charge is 0.264 e. The van der Waals surface area contributed by atoms with Crippen LogP contribution in [-0.2, 0) is 30.9 Å². The highest BCUT2D eigenvalue weighted by Gasteiger charge is 2.28. The van der Waals surface area contributed by atoms with Gasteiger partial charge in [0.05, 0.1) is 24.7 Å². The molecule has 2 amide bonds. The molecule has 0 spiro atoms. The quantitative estimate of drug-likeness (QED) is 0.284. The largest absolute Gasteiger partial charge is 0.340 e. The van der Waals surface area contributed by atoms with Crippen LogP contribution < -0.4 is 5.32 Å². The van der Waals surface area contributed by atoms with E-state index in [1.165, 1.54) is 0 Å². The summed E-state index contributed by atoms with van der Waals surface area (Å²) in [5.41, 5.74) is 2.42. The van der Waals surface area contributed by atoms with Crippen molar-refractivity contribution in [3.63, 3.8) is 0 Å². The molecule has 0 saturated carbocycles. The van der Waals surface area contributed by atoms with Gasteiger partial charge in [0.15, 0.2) is 0 Å². The Balaban J connectivity index is 1.67. The Bertz CT molecular complexity index is 1090. The molecule has 1 saturated heterocycles. The van der Waals surface area contributed by atoms with Gasteiger partial charge in [-0.25, -0.2) is 8.51 Å². The molecule has 0 radical (unpaired) electrons. The molecule has 34 heavy (non-hydrogen) atoms. The van der Waals surface area contributed by atoms with Crippen molar-refractivity contribution in [2.75, 3.05) is 39.0 Å². The predicted molar refractivity (Wildman–Crippen MR) is 131 cm³/mol. The molecule has 2 aromatic carbocycles. The van der Waals surface area contributed by atoms with Gasteiger partial charge in [-0.1, -0.05) is 42.5 Å². The van der Waals surface area contributed by atoms with Crippen LogP contribution >= 0.6 is 0 Å². The molecule has 0 aromatic heterocycles. The van der Waals surface area contributed by atoms with Gasteiger partial charge in [-0.15, -0.1) is 0 Å². The van der Waals surface area contributed by atoms with E-state index in [4.69, 9.17) is 4.18 Å². The van der Waals surface area contributed by atoms with Crippen molar-refractivity contribution >= 4 is 33.8 Å². The van der Waals surface area contributed by atoms with Crippen LogP contribution in [0.1, 0.15) is 23.2 Å². The summed E-state index contributed by atoms with van der Waals surface area (Å²) in [6.45, 7) is 1.65. The van der Waals surface area contributed by atoms with Crippen LogP contribution in [0.2, 0.25) is 0 Å². The number of thiol groups is 1. The highest BCUT2D eigenvalue weighted by atomic mass is 32.2. The van der Waals surface area contributed by atoms with Crippen molar-refractivity contribution in [3.8, 4) is 11.1 Å². The van der Waals surface area contributed by atoms with E-state index < -0.39 is 22.1 Å². The summed E-state index contributed by atoms with van der Waals surface area (Å²) in [6, 6.07) is 16.1. The fourth-order valence-electron chi connectivity index (χ4n) is 3.66. The van der Waals surface area contributed by atoms with Crippen LogP contribution in [0, 0.1) is 0 Å². The van der Waals surface area contributed by atoms with Gasteiger partial charge >= 0.3 is 0 Å². The van der Waals surface area contributed by atoms with E-state index in [0.717, 1.165) is 17.4 Å². The van der Waals surface area contributed by atoms with Crippen molar-refractivity contribution in [2.45, 2.75) is 18.9 Å². The molecule has 1 N–H and O–H groups in total. The summed E-state index contributed by atoms with van der Waals surface area (Å²) in [4.78, 5) is 27.7. The Morgan fingerprint density at radius 3 is 2.21 bits per heavy atom. The Labute approximate surface area is 203 Å². The topological polar surface area (TPSA) is 113 Å². The third kappa shape index (κ3) is 7.73. The van der Waals surface area contributed by atoms with E-state index in [0.29, 0.717) is 31.7 Å². The van der Waals surface area contributed by atoms with Crippen molar-refractivity contribution in [3.05, 3.63) is 60.2 Å². The predicted octanol–water partition coefficient (Wildman–Crippen LogP) is 1.21. The summed E-state index contributed by atoms with van der Waals surface area (Å²) in [5.74, 6) is -0.644. The van der Waals surface area contributed by atoms with E-state index >= 15 is 0 Å².